The summed E-state index contributed by atoms with van der Waals surface area (Å²) in [7, 11) is 1.64. The van der Waals surface area contributed by atoms with Crippen molar-refractivity contribution in [3.8, 4) is 28.4 Å². The van der Waals surface area contributed by atoms with E-state index in [1.54, 1.807) is 37.0 Å². The zero-order valence-corrected chi connectivity index (χ0v) is 22.2. The number of aromatic amines is 1. The number of nitrogens with one attached hydrogen (secondary N) is 1. The largest absolute Gasteiger partial charge is 0.453 e. The molecule has 0 saturated heterocycles. The van der Waals surface area contributed by atoms with E-state index in [1.165, 1.54) is 41.1 Å². The van der Waals surface area contributed by atoms with Gasteiger partial charge in [0.2, 0.25) is 0 Å². The van der Waals surface area contributed by atoms with Crippen LogP contribution < -0.4 is 10.3 Å². The van der Waals surface area contributed by atoms with Crippen molar-refractivity contribution in [3.63, 3.8) is 0 Å². The number of carbonyl (C=O) groups is 1. The molecule has 0 aliphatic carbocycles. The van der Waals surface area contributed by atoms with Crippen LogP contribution in [0.5, 0.6) is 11.5 Å². The number of benzene rings is 3. The molecule has 3 aromatic carbocycles. The third kappa shape index (κ3) is 4.82. The molecule has 9 heteroatoms. The highest BCUT2D eigenvalue weighted by atomic mass is 19.1. The van der Waals surface area contributed by atoms with Gasteiger partial charge in [-0.15, -0.1) is 0 Å². The molecule has 0 radical (unpaired) electrons. The molecule has 0 spiro atoms. The Labute approximate surface area is 233 Å². The molecule has 0 bridgehead atoms. The molecule has 6 aromatic rings. The normalized spacial score (nSPS) is 11.2. The zero-order chi connectivity index (χ0) is 28.7. The third-order valence-electron chi connectivity index (χ3n) is 7.06. The van der Waals surface area contributed by atoms with Gasteiger partial charge in [-0.1, -0.05) is 36.4 Å². The van der Waals surface area contributed by atoms with Gasteiger partial charge in [0, 0.05) is 31.1 Å². The average molecular weight is 551 g/mol. The molecule has 7 nitrogen and oxygen atoms in total. The molecule has 0 aliphatic rings. The van der Waals surface area contributed by atoms with Crippen LogP contribution in [0.1, 0.15) is 21.6 Å². The maximum absolute atomic E-state index is 15.2. The Morgan fingerprint density at radius 1 is 0.951 bits per heavy atom. The van der Waals surface area contributed by atoms with Crippen LogP contribution in [0.25, 0.3) is 28.0 Å². The number of nitrogens with zero attached hydrogens (tertiary/aromatic N) is 3. The monoisotopic (exact) mass is 550 g/mol. The molecule has 204 valence electrons. The number of pyridine rings is 1. The lowest BCUT2D eigenvalue weighted by atomic mass is 10.0. The minimum atomic E-state index is -0.646. The number of aromatic nitrogens is 4. The summed E-state index contributed by atoms with van der Waals surface area (Å²) in [5.74, 6) is -1.11. The van der Waals surface area contributed by atoms with Gasteiger partial charge in [-0.2, -0.15) is 0 Å². The number of rotatable bonds is 7. The van der Waals surface area contributed by atoms with Crippen LogP contribution in [0.15, 0.2) is 95.9 Å². The maximum Gasteiger partial charge on any atom is 0.282 e. The topological polar surface area (TPSA) is 81.9 Å². The van der Waals surface area contributed by atoms with Gasteiger partial charge in [0.1, 0.15) is 22.8 Å². The van der Waals surface area contributed by atoms with Crippen LogP contribution in [0.2, 0.25) is 0 Å². The summed E-state index contributed by atoms with van der Waals surface area (Å²) in [6, 6.07) is 23.0. The SMILES string of the molecule is Cc1c(C(=O)Cc2ccc(Oc3ccnc4[nH]c(-c5ccccc5)cc34)c(F)c2)c(=O)n(-c2ccc(F)cc2)n1C. The van der Waals surface area contributed by atoms with Crippen molar-refractivity contribution in [1.29, 1.82) is 0 Å². The van der Waals surface area contributed by atoms with E-state index in [4.69, 9.17) is 4.74 Å². The quantitative estimate of drug-likeness (QED) is 0.229. The molecule has 0 amide bonds. The molecule has 0 unspecified atom stereocenters. The second-order valence-corrected chi connectivity index (χ2v) is 9.66. The lowest BCUT2D eigenvalue weighted by molar-refractivity contribution is 0.0991. The van der Waals surface area contributed by atoms with Gasteiger partial charge in [-0.25, -0.2) is 18.4 Å². The Kier molecular flexibility index (Phi) is 6.55. The molecular weight excluding hydrogens is 526 g/mol. The van der Waals surface area contributed by atoms with Crippen molar-refractivity contribution in [3.05, 3.63) is 130 Å². The molecule has 6 rings (SSSR count). The summed E-state index contributed by atoms with van der Waals surface area (Å²) in [5.41, 5.74) is 3.19. The highest BCUT2D eigenvalue weighted by molar-refractivity contribution is 5.98. The first-order valence-corrected chi connectivity index (χ1v) is 12.9. The Bertz CT molecular complexity index is 1970. The smallest absolute Gasteiger partial charge is 0.282 e. The lowest BCUT2D eigenvalue weighted by Gasteiger charge is -2.09. The summed E-state index contributed by atoms with van der Waals surface area (Å²) in [5, 5.41) is 0.696. The lowest BCUT2D eigenvalue weighted by Crippen LogP contribution is -2.23. The third-order valence-corrected chi connectivity index (χ3v) is 7.06. The van der Waals surface area contributed by atoms with Crippen LogP contribution in [-0.2, 0) is 13.5 Å². The first kappa shape index (κ1) is 25.9. The maximum atomic E-state index is 15.2. The minimum Gasteiger partial charge on any atom is -0.453 e. The van der Waals surface area contributed by atoms with E-state index in [0.717, 1.165) is 11.3 Å². The van der Waals surface area contributed by atoms with Crippen molar-refractivity contribution >= 4 is 16.8 Å². The number of ether oxygens (including phenoxy) is 1. The molecule has 41 heavy (non-hydrogen) atoms. The number of Topliss-reactive ketones (excluding diaryl/α,β-unsaturated/α-hetero) is 1. The van der Waals surface area contributed by atoms with E-state index in [-0.39, 0.29) is 17.7 Å². The van der Waals surface area contributed by atoms with E-state index in [2.05, 4.69) is 9.97 Å². The Morgan fingerprint density at radius 3 is 2.44 bits per heavy atom. The van der Waals surface area contributed by atoms with Gasteiger partial charge < -0.3 is 9.72 Å². The summed E-state index contributed by atoms with van der Waals surface area (Å²) >= 11 is 0. The van der Waals surface area contributed by atoms with Crippen LogP contribution in [0.4, 0.5) is 8.78 Å². The molecule has 3 aromatic heterocycles. The van der Waals surface area contributed by atoms with Crippen LogP contribution in [0, 0.1) is 18.6 Å². The van der Waals surface area contributed by atoms with Crippen molar-refractivity contribution in [2.45, 2.75) is 13.3 Å². The number of fused-ring (bicyclic) bond motifs is 1. The van der Waals surface area contributed by atoms with E-state index in [9.17, 15) is 14.0 Å². The van der Waals surface area contributed by atoms with Crippen LogP contribution >= 0.6 is 0 Å². The predicted molar refractivity (Wildman–Crippen MR) is 152 cm³/mol. The van der Waals surface area contributed by atoms with Gasteiger partial charge in [-0.05, 0) is 66.6 Å². The van der Waals surface area contributed by atoms with E-state index < -0.39 is 23.0 Å². The van der Waals surface area contributed by atoms with Gasteiger partial charge in [0.05, 0.1) is 11.1 Å². The molecule has 3 heterocycles. The Morgan fingerprint density at radius 2 is 1.71 bits per heavy atom. The second-order valence-electron chi connectivity index (χ2n) is 9.66. The highest BCUT2D eigenvalue weighted by Crippen LogP contribution is 2.33. The van der Waals surface area contributed by atoms with E-state index >= 15 is 4.39 Å². The van der Waals surface area contributed by atoms with E-state index in [0.29, 0.717) is 33.7 Å². The van der Waals surface area contributed by atoms with Gasteiger partial charge in [-0.3, -0.25) is 14.3 Å². The first-order chi connectivity index (χ1) is 19.8. The summed E-state index contributed by atoms with van der Waals surface area (Å²) in [4.78, 5) is 34.0. The first-order valence-electron chi connectivity index (χ1n) is 12.9. The van der Waals surface area contributed by atoms with Crippen molar-refractivity contribution in [2.75, 3.05) is 0 Å². The fourth-order valence-electron chi connectivity index (χ4n) is 4.90. The molecule has 0 saturated carbocycles. The number of halogens is 2. The molecule has 0 atom stereocenters. The summed E-state index contributed by atoms with van der Waals surface area (Å²) in [6.07, 6.45) is 1.40. The summed E-state index contributed by atoms with van der Waals surface area (Å²) < 4.78 is 37.3. The number of carbonyl (C=O) groups excluding carboxylic acids is 1. The summed E-state index contributed by atoms with van der Waals surface area (Å²) in [6.45, 7) is 1.66. The average Bonchev–Trinajstić information content (AvgIpc) is 3.50. The Balaban J connectivity index is 1.24. The minimum absolute atomic E-state index is 0.00147. The van der Waals surface area contributed by atoms with Crippen LogP contribution in [0.3, 0.4) is 0 Å². The van der Waals surface area contributed by atoms with Crippen molar-refractivity contribution in [2.24, 2.45) is 7.05 Å². The van der Waals surface area contributed by atoms with E-state index in [1.807, 2.05) is 36.4 Å². The molecular formula is C32H24F2N4O3. The number of hydrogen-bond acceptors (Lipinski definition) is 4. The molecule has 1 N–H and O–H groups in total. The zero-order valence-electron chi connectivity index (χ0n) is 22.2. The fourth-order valence-corrected chi connectivity index (χ4v) is 4.90. The predicted octanol–water partition coefficient (Wildman–Crippen LogP) is 6.52. The van der Waals surface area contributed by atoms with Crippen molar-refractivity contribution < 1.29 is 18.3 Å². The van der Waals surface area contributed by atoms with Gasteiger partial charge in [0.25, 0.3) is 5.56 Å². The fraction of sp³-hybridized carbons (Fsp3) is 0.0938. The number of H-pyrrole nitrogens is 1. The second kappa shape index (κ2) is 10.3. The highest BCUT2D eigenvalue weighted by Gasteiger charge is 2.23. The number of ketones is 1. The number of hydrogen-bond donors (Lipinski definition) is 1. The molecule has 0 fully saturated rings. The van der Waals surface area contributed by atoms with Gasteiger partial charge in [0.15, 0.2) is 17.3 Å². The van der Waals surface area contributed by atoms with Crippen molar-refractivity contribution in [1.82, 2.24) is 19.3 Å². The van der Waals surface area contributed by atoms with Crippen LogP contribution in [-0.4, -0.2) is 25.1 Å². The standard InChI is InChI=1S/C32H24F2N4O3/c1-19-30(32(40)38(37(19)2)23-11-9-22(33)10-12-23)27(39)17-20-8-13-29(25(34)16-20)41-28-14-15-35-31-24(28)18-26(36-31)21-6-4-3-5-7-21/h3-16,18H,17H2,1-2H3,(H,35,36). The molecule has 0 aliphatic heterocycles. The van der Waals surface area contributed by atoms with Gasteiger partial charge >= 0.3 is 0 Å². The Hall–Kier alpha value is -5.31.